The van der Waals surface area contributed by atoms with E-state index in [0.29, 0.717) is 23.0 Å². The number of ether oxygens (including phenoxy) is 1. The fourth-order valence-electron chi connectivity index (χ4n) is 3.63. The molecular formula is C24H26F3N3O4. The van der Waals surface area contributed by atoms with Crippen LogP contribution in [0, 0.1) is 0 Å². The second-order valence-electron chi connectivity index (χ2n) is 8.85. The molecule has 3 rings (SSSR count). The van der Waals surface area contributed by atoms with Crippen LogP contribution in [0.15, 0.2) is 53.3 Å². The number of aromatic nitrogens is 1. The number of likely N-dealkylation sites (N-methyl/N-ethyl adjacent to an activating group) is 1. The van der Waals surface area contributed by atoms with E-state index in [1.807, 2.05) is 25.7 Å². The zero-order valence-corrected chi connectivity index (χ0v) is 19.2. The van der Waals surface area contributed by atoms with Crippen LogP contribution < -0.4 is 15.2 Å². The summed E-state index contributed by atoms with van der Waals surface area (Å²) >= 11 is 0. The van der Waals surface area contributed by atoms with Gasteiger partial charge in [-0.1, -0.05) is 18.2 Å². The Morgan fingerprint density at radius 3 is 2.35 bits per heavy atom. The maximum Gasteiger partial charge on any atom is 0.573 e. The number of H-pyrrole nitrogens is 1. The average molecular weight is 477 g/mol. The number of anilines is 1. The molecule has 0 aliphatic rings. The normalized spacial score (nSPS) is 12.0. The minimum absolute atomic E-state index is 0.107. The van der Waals surface area contributed by atoms with E-state index in [2.05, 4.69) is 9.72 Å². The lowest BCUT2D eigenvalue weighted by Gasteiger charge is -2.34. The van der Waals surface area contributed by atoms with Crippen molar-refractivity contribution in [3.05, 3.63) is 58.9 Å². The Bertz CT molecular complexity index is 1250. The van der Waals surface area contributed by atoms with E-state index in [4.69, 9.17) is 0 Å². The molecule has 34 heavy (non-hydrogen) atoms. The third-order valence-corrected chi connectivity index (χ3v) is 5.37. The van der Waals surface area contributed by atoms with Crippen molar-refractivity contribution < 1.29 is 27.8 Å². The summed E-state index contributed by atoms with van der Waals surface area (Å²) in [6, 6.07) is 12.3. The smallest absolute Gasteiger partial charge is 0.465 e. The predicted molar refractivity (Wildman–Crippen MR) is 124 cm³/mol. The predicted octanol–water partition coefficient (Wildman–Crippen LogP) is 5.31. The Balaban J connectivity index is 1.90. The van der Waals surface area contributed by atoms with Crippen molar-refractivity contribution in [1.82, 2.24) is 9.88 Å². The Labute approximate surface area is 194 Å². The monoisotopic (exact) mass is 477 g/mol. The first-order valence-electron chi connectivity index (χ1n) is 10.5. The highest BCUT2D eigenvalue weighted by molar-refractivity contribution is 5.88. The molecule has 0 unspecified atom stereocenters. The third kappa shape index (κ3) is 5.81. The molecule has 0 atom stereocenters. The van der Waals surface area contributed by atoms with Crippen LogP contribution in [0.2, 0.25) is 0 Å². The number of rotatable bonds is 6. The highest BCUT2D eigenvalue weighted by atomic mass is 19.4. The number of fused-ring (bicyclic) bond motifs is 1. The van der Waals surface area contributed by atoms with Crippen LogP contribution in [0.3, 0.4) is 0 Å². The summed E-state index contributed by atoms with van der Waals surface area (Å²) in [5.74, 6) is -0.414. The van der Waals surface area contributed by atoms with Gasteiger partial charge in [0.1, 0.15) is 5.75 Å². The van der Waals surface area contributed by atoms with E-state index in [9.17, 15) is 27.9 Å². The number of amides is 1. The molecular weight excluding hydrogens is 451 g/mol. The van der Waals surface area contributed by atoms with Gasteiger partial charge in [-0.2, -0.15) is 0 Å². The summed E-state index contributed by atoms with van der Waals surface area (Å²) < 4.78 is 42.4. The quantitative estimate of drug-likeness (QED) is 0.503. The number of para-hydroxylation sites is 1. The lowest BCUT2D eigenvalue weighted by molar-refractivity contribution is -0.274. The molecule has 3 aromatic rings. The van der Waals surface area contributed by atoms with E-state index in [1.165, 1.54) is 23.1 Å². The van der Waals surface area contributed by atoms with Crippen molar-refractivity contribution in [2.24, 2.45) is 0 Å². The fourth-order valence-corrected chi connectivity index (χ4v) is 3.63. The number of aromatic amines is 1. The van der Waals surface area contributed by atoms with E-state index < -0.39 is 29.3 Å². The van der Waals surface area contributed by atoms with E-state index in [0.717, 1.165) is 0 Å². The molecule has 0 spiro atoms. The molecule has 7 nitrogen and oxygen atoms in total. The number of hydrogen-bond donors (Lipinski definition) is 2. The Morgan fingerprint density at radius 1 is 1.06 bits per heavy atom. The molecule has 1 aromatic heterocycles. The molecule has 10 heteroatoms. The summed E-state index contributed by atoms with van der Waals surface area (Å²) in [6.45, 7) is 6.09. The Kier molecular flexibility index (Phi) is 6.81. The molecule has 1 heterocycles. The van der Waals surface area contributed by atoms with E-state index >= 15 is 0 Å². The van der Waals surface area contributed by atoms with Gasteiger partial charge in [0, 0.05) is 42.3 Å². The highest BCUT2D eigenvalue weighted by Gasteiger charge is 2.32. The zero-order chi connectivity index (χ0) is 25.3. The van der Waals surface area contributed by atoms with Crippen LogP contribution in [0.1, 0.15) is 20.8 Å². The van der Waals surface area contributed by atoms with Gasteiger partial charge in [-0.25, -0.2) is 4.79 Å². The van der Waals surface area contributed by atoms with Gasteiger partial charge in [0.2, 0.25) is 0 Å². The van der Waals surface area contributed by atoms with Crippen LogP contribution in [0.4, 0.5) is 23.7 Å². The first kappa shape index (κ1) is 24.9. The highest BCUT2D eigenvalue weighted by Crippen LogP contribution is 2.33. The summed E-state index contributed by atoms with van der Waals surface area (Å²) in [4.78, 5) is 30.2. The van der Waals surface area contributed by atoms with Gasteiger partial charge in [-0.15, -0.1) is 13.2 Å². The average Bonchev–Trinajstić information content (AvgIpc) is 2.71. The van der Waals surface area contributed by atoms with Gasteiger partial charge in [0.15, 0.2) is 0 Å². The van der Waals surface area contributed by atoms with Gasteiger partial charge in [-0.3, -0.25) is 4.79 Å². The summed E-state index contributed by atoms with van der Waals surface area (Å²) in [5, 5.41) is 10.4. The minimum atomic E-state index is -4.87. The van der Waals surface area contributed by atoms with Gasteiger partial charge in [0.05, 0.1) is 5.69 Å². The van der Waals surface area contributed by atoms with Gasteiger partial charge in [-0.05, 0) is 56.5 Å². The molecule has 2 N–H and O–H groups in total. The summed E-state index contributed by atoms with van der Waals surface area (Å²) in [5.41, 5.74) is -0.0238. The number of alkyl halides is 3. The maximum atomic E-state index is 12.8. The second-order valence-corrected chi connectivity index (χ2v) is 8.85. The van der Waals surface area contributed by atoms with E-state index in [-0.39, 0.29) is 17.8 Å². The number of carbonyl (C=O) groups is 1. The van der Waals surface area contributed by atoms with Gasteiger partial charge >= 0.3 is 12.5 Å². The number of pyridine rings is 1. The standard InChI is InChI=1S/C24H26F3N3O4/c1-23(2,3)30(22(32)33)12-11-29(4)16-10-9-15-13-19(28-21(31)18(15)14-16)17-7-5-6-8-20(17)34-24(25,26)27/h5-10,13-14H,11-12H2,1-4H3,(H,28,31)(H,32,33). The molecule has 182 valence electrons. The molecule has 0 saturated carbocycles. The van der Waals surface area contributed by atoms with Crippen LogP contribution in [0.5, 0.6) is 5.75 Å². The molecule has 0 aliphatic carbocycles. The SMILES string of the molecule is CN(CCN(C(=O)O)C(C)(C)C)c1ccc2cc(-c3ccccc3OC(F)(F)F)[nH]c(=O)c2c1. The molecule has 0 saturated heterocycles. The molecule has 2 aromatic carbocycles. The minimum Gasteiger partial charge on any atom is -0.465 e. The molecule has 0 fully saturated rings. The Hall–Kier alpha value is -3.69. The van der Waals surface area contributed by atoms with Gasteiger partial charge < -0.3 is 24.6 Å². The van der Waals surface area contributed by atoms with E-state index in [1.54, 1.807) is 37.4 Å². The maximum absolute atomic E-state index is 12.8. The number of nitrogens with zero attached hydrogens (tertiary/aromatic N) is 2. The van der Waals surface area contributed by atoms with Crippen molar-refractivity contribution >= 4 is 22.6 Å². The lowest BCUT2D eigenvalue weighted by Crippen LogP contribution is -2.48. The third-order valence-electron chi connectivity index (χ3n) is 5.37. The fraction of sp³-hybridized carbons (Fsp3) is 0.333. The topological polar surface area (TPSA) is 85.9 Å². The number of halogens is 3. The summed E-state index contributed by atoms with van der Waals surface area (Å²) in [6.07, 6.45) is -5.88. The van der Waals surface area contributed by atoms with Crippen LogP contribution in [-0.4, -0.2) is 53.1 Å². The Morgan fingerprint density at radius 2 is 1.74 bits per heavy atom. The van der Waals surface area contributed by atoms with Crippen LogP contribution in [0.25, 0.3) is 22.0 Å². The molecule has 0 radical (unpaired) electrons. The first-order chi connectivity index (χ1) is 15.8. The van der Waals surface area contributed by atoms with Crippen molar-refractivity contribution in [2.45, 2.75) is 32.7 Å². The largest absolute Gasteiger partial charge is 0.573 e. The van der Waals surface area contributed by atoms with Gasteiger partial charge in [0.25, 0.3) is 5.56 Å². The first-order valence-corrected chi connectivity index (χ1v) is 10.5. The number of hydrogen-bond acceptors (Lipinski definition) is 4. The van der Waals surface area contributed by atoms with Crippen LogP contribution >= 0.6 is 0 Å². The molecule has 1 amide bonds. The van der Waals surface area contributed by atoms with Crippen molar-refractivity contribution in [2.75, 3.05) is 25.0 Å². The second kappa shape index (κ2) is 9.28. The van der Waals surface area contributed by atoms with Crippen LogP contribution in [-0.2, 0) is 0 Å². The number of nitrogens with one attached hydrogen (secondary N) is 1. The molecule has 0 bridgehead atoms. The number of carboxylic acid groups (broad SMARTS) is 1. The van der Waals surface area contributed by atoms with Crippen molar-refractivity contribution in [3.8, 4) is 17.0 Å². The lowest BCUT2D eigenvalue weighted by atomic mass is 10.1. The van der Waals surface area contributed by atoms with Crippen molar-refractivity contribution in [3.63, 3.8) is 0 Å². The zero-order valence-electron chi connectivity index (χ0n) is 19.2. The number of benzene rings is 2. The molecule has 0 aliphatic heterocycles. The summed E-state index contributed by atoms with van der Waals surface area (Å²) in [7, 11) is 1.79. The van der Waals surface area contributed by atoms with Crippen molar-refractivity contribution in [1.29, 1.82) is 0 Å².